The maximum absolute atomic E-state index is 14.0. The lowest BCUT2D eigenvalue weighted by molar-refractivity contribution is -0.0695. The number of rotatable bonds is 16. The van der Waals surface area contributed by atoms with Crippen molar-refractivity contribution in [3.05, 3.63) is 233 Å². The lowest BCUT2D eigenvalue weighted by atomic mass is 10.1. The third kappa shape index (κ3) is 11.1. The molecule has 72 heavy (non-hydrogen) atoms. The van der Waals surface area contributed by atoms with Crippen LogP contribution in [0.15, 0.2) is 194 Å². The molecule has 364 valence electrons. The molecule has 0 amide bonds. The highest BCUT2D eigenvalue weighted by atomic mass is 32.1. The van der Waals surface area contributed by atoms with Crippen LogP contribution in [0.3, 0.4) is 0 Å². The summed E-state index contributed by atoms with van der Waals surface area (Å²) < 4.78 is 52.0. The van der Waals surface area contributed by atoms with E-state index in [0.717, 1.165) is 0 Å². The molecule has 8 atom stereocenters. The number of hydrogen-bond acceptors (Lipinski definition) is 15. The SMILES string of the molecule is O=C(OC[C@H]1O[C@@H](n2ccn([C@@H]3O[C@H](COC(=O)c4ccccc4)[C@@H](OC(=O)c4ccccc4)[C@H]3OC(=O)c3ccccc3)c2=S)[C@H](OC(=O)c2ccccc2)[C@@H]1OC(=O)c1ccccc1)c1ccccc1. The molecule has 0 unspecified atom stereocenters. The average Bonchev–Trinajstić information content (AvgIpc) is 4.09. The predicted octanol–water partition coefficient (Wildman–Crippen LogP) is 8.43. The molecule has 2 aliphatic rings. The minimum Gasteiger partial charge on any atom is -0.459 e. The van der Waals surface area contributed by atoms with Gasteiger partial charge in [0.2, 0.25) is 0 Å². The first kappa shape index (κ1) is 48.5. The van der Waals surface area contributed by atoms with Crippen molar-refractivity contribution in [2.75, 3.05) is 13.2 Å². The Morgan fingerprint density at radius 1 is 0.361 bits per heavy atom. The smallest absolute Gasteiger partial charge is 0.338 e. The van der Waals surface area contributed by atoms with E-state index in [0.29, 0.717) is 0 Å². The van der Waals surface area contributed by atoms with Gasteiger partial charge in [-0.15, -0.1) is 0 Å². The maximum atomic E-state index is 14.0. The first-order valence-corrected chi connectivity index (χ1v) is 23.1. The van der Waals surface area contributed by atoms with Gasteiger partial charge in [-0.2, -0.15) is 0 Å². The summed E-state index contributed by atoms with van der Waals surface area (Å²) in [6.45, 7) is -0.934. The van der Waals surface area contributed by atoms with Crippen molar-refractivity contribution < 1.29 is 66.7 Å². The minimum atomic E-state index is -1.45. The van der Waals surface area contributed by atoms with Crippen LogP contribution < -0.4 is 0 Å². The summed E-state index contributed by atoms with van der Waals surface area (Å²) in [5.41, 5.74) is 1.19. The van der Waals surface area contributed by atoms with E-state index in [2.05, 4.69) is 0 Å². The highest BCUT2D eigenvalue weighted by Crippen LogP contribution is 2.39. The molecular weight excluding hydrogens is 945 g/mol. The normalized spacial score (nSPS) is 21.2. The van der Waals surface area contributed by atoms with Crippen LogP contribution in [0.2, 0.25) is 0 Å². The van der Waals surface area contributed by atoms with Crippen molar-refractivity contribution in [2.45, 2.75) is 49.1 Å². The Morgan fingerprint density at radius 2 is 0.597 bits per heavy atom. The second kappa shape index (κ2) is 22.5. The molecule has 0 spiro atoms. The molecule has 0 saturated carbocycles. The topological polar surface area (TPSA) is 186 Å². The molecule has 2 saturated heterocycles. The van der Waals surface area contributed by atoms with Crippen molar-refractivity contribution in [1.29, 1.82) is 0 Å². The van der Waals surface area contributed by atoms with E-state index in [1.807, 2.05) is 0 Å². The van der Waals surface area contributed by atoms with Crippen LogP contribution in [-0.2, 0) is 37.9 Å². The second-order valence-electron chi connectivity index (χ2n) is 16.4. The van der Waals surface area contributed by atoms with Crippen LogP contribution in [-0.4, -0.2) is 94.8 Å². The van der Waals surface area contributed by atoms with E-state index in [4.69, 9.17) is 50.1 Å². The second-order valence-corrected chi connectivity index (χ2v) is 16.8. The molecule has 3 heterocycles. The van der Waals surface area contributed by atoms with E-state index in [-0.39, 0.29) is 38.2 Å². The van der Waals surface area contributed by atoms with Crippen LogP contribution in [0.25, 0.3) is 0 Å². The summed E-state index contributed by atoms with van der Waals surface area (Å²) in [5, 5.41) is 0. The monoisotopic (exact) mass is 988 g/mol. The molecule has 6 aromatic carbocycles. The Labute approximate surface area is 417 Å². The molecule has 2 fully saturated rings. The first-order valence-electron chi connectivity index (χ1n) is 22.7. The number of nitrogens with zero attached hydrogens (tertiary/aromatic N) is 2. The quantitative estimate of drug-likeness (QED) is 0.0510. The van der Waals surface area contributed by atoms with Gasteiger partial charge >= 0.3 is 35.8 Å². The fourth-order valence-corrected chi connectivity index (χ4v) is 8.48. The van der Waals surface area contributed by atoms with Crippen molar-refractivity contribution in [2.24, 2.45) is 0 Å². The summed E-state index contributed by atoms with van der Waals surface area (Å²) in [4.78, 5) is 82.2. The van der Waals surface area contributed by atoms with E-state index in [9.17, 15) is 28.8 Å². The van der Waals surface area contributed by atoms with Gasteiger partial charge in [-0.3, -0.25) is 9.13 Å². The number of carbonyl (C=O) groups excluding carboxylic acids is 6. The highest BCUT2D eigenvalue weighted by molar-refractivity contribution is 7.71. The van der Waals surface area contributed by atoms with Crippen LogP contribution in [0.4, 0.5) is 0 Å². The minimum absolute atomic E-state index is 0.0725. The van der Waals surface area contributed by atoms with Crippen molar-refractivity contribution in [3.63, 3.8) is 0 Å². The van der Waals surface area contributed by atoms with Crippen LogP contribution >= 0.6 is 12.2 Å². The molecular formula is C55H44N2O14S. The van der Waals surface area contributed by atoms with Gasteiger partial charge in [0.05, 0.1) is 33.4 Å². The van der Waals surface area contributed by atoms with Gasteiger partial charge in [-0.25, -0.2) is 28.8 Å². The molecule has 17 heteroatoms. The van der Waals surface area contributed by atoms with Gasteiger partial charge in [-0.1, -0.05) is 109 Å². The van der Waals surface area contributed by atoms with E-state index < -0.39 is 98.1 Å². The van der Waals surface area contributed by atoms with Gasteiger partial charge in [0.25, 0.3) is 0 Å². The number of ether oxygens (including phenoxy) is 8. The van der Waals surface area contributed by atoms with E-state index in [1.165, 1.54) is 21.5 Å². The first-order chi connectivity index (χ1) is 35.1. The van der Waals surface area contributed by atoms with Gasteiger partial charge in [0, 0.05) is 12.4 Å². The third-order valence-corrected chi connectivity index (χ3v) is 12.2. The molecule has 0 radical (unpaired) electrons. The summed E-state index contributed by atoms with van der Waals surface area (Å²) in [7, 11) is 0. The molecule has 0 aliphatic carbocycles. The number of carbonyl (C=O) groups is 6. The van der Waals surface area contributed by atoms with Crippen molar-refractivity contribution in [1.82, 2.24) is 9.13 Å². The predicted molar refractivity (Wildman–Crippen MR) is 257 cm³/mol. The lowest BCUT2D eigenvalue weighted by Crippen LogP contribution is -2.41. The zero-order valence-electron chi connectivity index (χ0n) is 38.0. The summed E-state index contributed by atoms with van der Waals surface area (Å²) in [6, 6.07) is 48.9. The summed E-state index contributed by atoms with van der Waals surface area (Å²) in [5.74, 6) is -4.57. The van der Waals surface area contributed by atoms with Crippen molar-refractivity contribution in [3.8, 4) is 0 Å². The Bertz CT molecular complexity index is 2860. The maximum Gasteiger partial charge on any atom is 0.338 e. The van der Waals surface area contributed by atoms with Gasteiger partial charge in [0.1, 0.15) is 25.4 Å². The lowest BCUT2D eigenvalue weighted by Gasteiger charge is -2.26. The number of imidazole rings is 1. The van der Waals surface area contributed by atoms with Gasteiger partial charge in [-0.05, 0) is 85.0 Å². The van der Waals surface area contributed by atoms with E-state index >= 15 is 0 Å². The Hall–Kier alpha value is -8.51. The number of aromatic nitrogens is 2. The Balaban J connectivity index is 1.09. The average molecular weight is 989 g/mol. The largest absolute Gasteiger partial charge is 0.459 e. The Kier molecular flexibility index (Phi) is 15.2. The zero-order valence-corrected chi connectivity index (χ0v) is 38.8. The van der Waals surface area contributed by atoms with Crippen LogP contribution in [0, 0.1) is 4.77 Å². The van der Waals surface area contributed by atoms with Crippen LogP contribution in [0.5, 0.6) is 0 Å². The van der Waals surface area contributed by atoms with Gasteiger partial charge in [0.15, 0.2) is 41.6 Å². The fraction of sp³-hybridized carbons (Fsp3) is 0.182. The molecule has 1 aromatic heterocycles. The van der Waals surface area contributed by atoms with Gasteiger partial charge < -0.3 is 37.9 Å². The summed E-state index contributed by atoms with van der Waals surface area (Å²) >= 11 is 6.14. The number of hydrogen-bond donors (Lipinski definition) is 0. The van der Waals surface area contributed by atoms with Crippen LogP contribution in [0.1, 0.15) is 74.6 Å². The third-order valence-electron chi connectivity index (χ3n) is 11.7. The standard InChI is InChI=1S/C55H44N2O14S/c58-49(35-19-7-1-8-20-35)64-33-41-43(68-51(60)37-23-11-3-12-24-37)45(70-53(62)39-27-15-5-16-28-39)47(66-41)56-31-32-57(55(56)72)48-46(71-54(63)40-29-17-6-18-30-40)44(69-52(61)38-25-13-4-14-26-38)42(67-48)34-65-50(59)36-21-9-2-10-22-36/h1-32,41-48H,33-34H2/t41-,42-,43-,44-,45-,46-,47-,48-/m1/s1. The Morgan fingerprint density at radius 3 is 0.861 bits per heavy atom. The molecule has 2 aliphatic heterocycles. The molecule has 7 aromatic rings. The molecule has 0 bridgehead atoms. The molecule has 16 nitrogen and oxygen atoms in total. The fourth-order valence-electron chi connectivity index (χ4n) is 8.15. The molecule has 0 N–H and O–H groups in total. The van der Waals surface area contributed by atoms with E-state index in [1.54, 1.807) is 182 Å². The zero-order chi connectivity index (χ0) is 50.0. The summed E-state index contributed by atoms with van der Waals surface area (Å²) in [6.07, 6.45) is -7.99. The molecule has 9 rings (SSSR count). The number of benzene rings is 6. The number of esters is 6. The van der Waals surface area contributed by atoms with Crippen molar-refractivity contribution >= 4 is 48.0 Å². The highest BCUT2D eigenvalue weighted by Gasteiger charge is 2.54.